The Bertz CT molecular complexity index is 515. The molecular formula is C13H9NO2. The summed E-state index contributed by atoms with van der Waals surface area (Å²) in [5.41, 5.74) is 1.91. The zero-order chi connectivity index (χ0) is 10.8. The minimum Gasteiger partial charge on any atom is -0.464 e. The van der Waals surface area contributed by atoms with Crippen LogP contribution in [0.1, 0.15) is 0 Å². The van der Waals surface area contributed by atoms with Crippen molar-refractivity contribution >= 4 is 0 Å². The van der Waals surface area contributed by atoms with Crippen molar-refractivity contribution in [2.75, 3.05) is 0 Å². The van der Waals surface area contributed by atoms with Crippen LogP contribution in [0.15, 0.2) is 64.0 Å². The lowest BCUT2D eigenvalue weighted by atomic mass is 10.1. The maximum atomic E-state index is 5.39. The molecule has 2 aromatic heterocycles. The van der Waals surface area contributed by atoms with E-state index in [1.54, 1.807) is 18.7 Å². The zero-order valence-electron chi connectivity index (χ0n) is 8.46. The molecule has 0 saturated heterocycles. The van der Waals surface area contributed by atoms with E-state index in [1.165, 1.54) is 0 Å². The molecular weight excluding hydrogens is 202 g/mol. The second kappa shape index (κ2) is 3.70. The second-order valence-electron chi connectivity index (χ2n) is 3.36. The van der Waals surface area contributed by atoms with Crippen molar-refractivity contribution in [3.05, 3.63) is 55.1 Å². The summed E-state index contributed by atoms with van der Waals surface area (Å²) in [5.74, 6) is 1.42. The molecule has 2 heterocycles. The SMILES string of the molecule is c1coc(-c2ccccc2-c2ncco2)c1. The molecule has 0 fully saturated rings. The van der Waals surface area contributed by atoms with Crippen molar-refractivity contribution in [1.29, 1.82) is 0 Å². The third-order valence-corrected chi connectivity index (χ3v) is 2.38. The van der Waals surface area contributed by atoms with Crippen molar-refractivity contribution in [2.24, 2.45) is 0 Å². The average molecular weight is 211 g/mol. The lowest BCUT2D eigenvalue weighted by Gasteiger charge is -2.02. The molecule has 0 aliphatic carbocycles. The summed E-state index contributed by atoms with van der Waals surface area (Å²) in [6.45, 7) is 0. The van der Waals surface area contributed by atoms with Gasteiger partial charge in [0.25, 0.3) is 0 Å². The van der Waals surface area contributed by atoms with Crippen LogP contribution in [0, 0.1) is 0 Å². The van der Waals surface area contributed by atoms with Crippen LogP contribution in [0.5, 0.6) is 0 Å². The normalized spacial score (nSPS) is 10.5. The molecule has 0 atom stereocenters. The Morgan fingerprint density at radius 2 is 1.69 bits per heavy atom. The molecule has 0 amide bonds. The van der Waals surface area contributed by atoms with Crippen LogP contribution in [-0.4, -0.2) is 4.98 Å². The lowest BCUT2D eigenvalue weighted by Crippen LogP contribution is -1.82. The van der Waals surface area contributed by atoms with Gasteiger partial charge in [-0.05, 0) is 18.2 Å². The molecule has 16 heavy (non-hydrogen) atoms. The van der Waals surface area contributed by atoms with Crippen LogP contribution in [-0.2, 0) is 0 Å². The van der Waals surface area contributed by atoms with Crippen molar-refractivity contribution < 1.29 is 8.83 Å². The van der Waals surface area contributed by atoms with E-state index < -0.39 is 0 Å². The van der Waals surface area contributed by atoms with Gasteiger partial charge in [0.05, 0.1) is 12.5 Å². The summed E-state index contributed by atoms with van der Waals surface area (Å²) in [6.07, 6.45) is 4.85. The van der Waals surface area contributed by atoms with E-state index in [1.807, 2.05) is 36.4 Å². The summed E-state index contributed by atoms with van der Waals surface area (Å²) in [5, 5.41) is 0. The number of rotatable bonds is 2. The molecule has 3 aromatic rings. The molecule has 0 bridgehead atoms. The molecule has 0 radical (unpaired) electrons. The van der Waals surface area contributed by atoms with Crippen LogP contribution in [0.25, 0.3) is 22.8 Å². The predicted molar refractivity (Wildman–Crippen MR) is 59.6 cm³/mol. The zero-order valence-corrected chi connectivity index (χ0v) is 8.46. The largest absolute Gasteiger partial charge is 0.464 e. The minimum atomic E-state index is 0.604. The molecule has 1 aromatic carbocycles. The van der Waals surface area contributed by atoms with E-state index in [4.69, 9.17) is 8.83 Å². The molecule has 0 aliphatic rings. The molecule has 0 spiro atoms. The van der Waals surface area contributed by atoms with Crippen LogP contribution in [0.4, 0.5) is 0 Å². The predicted octanol–water partition coefficient (Wildman–Crippen LogP) is 3.60. The van der Waals surface area contributed by atoms with Crippen molar-refractivity contribution in [3.8, 4) is 22.8 Å². The molecule has 78 valence electrons. The maximum absolute atomic E-state index is 5.39. The van der Waals surface area contributed by atoms with Crippen molar-refractivity contribution in [3.63, 3.8) is 0 Å². The number of furan rings is 1. The molecule has 3 heteroatoms. The Kier molecular flexibility index (Phi) is 2.07. The quantitative estimate of drug-likeness (QED) is 0.650. The number of benzene rings is 1. The molecule has 3 nitrogen and oxygen atoms in total. The summed E-state index contributed by atoms with van der Waals surface area (Å²) in [4.78, 5) is 4.15. The summed E-state index contributed by atoms with van der Waals surface area (Å²) in [6, 6.07) is 11.6. The first-order valence-electron chi connectivity index (χ1n) is 4.98. The Morgan fingerprint density at radius 3 is 2.38 bits per heavy atom. The van der Waals surface area contributed by atoms with Gasteiger partial charge in [-0.25, -0.2) is 4.98 Å². The van der Waals surface area contributed by atoms with Gasteiger partial charge >= 0.3 is 0 Å². The smallest absolute Gasteiger partial charge is 0.226 e. The number of nitrogens with zero attached hydrogens (tertiary/aromatic N) is 1. The topological polar surface area (TPSA) is 39.2 Å². The molecule has 0 N–H and O–H groups in total. The maximum Gasteiger partial charge on any atom is 0.226 e. The van der Waals surface area contributed by atoms with Crippen LogP contribution < -0.4 is 0 Å². The summed E-state index contributed by atoms with van der Waals surface area (Å²) >= 11 is 0. The van der Waals surface area contributed by atoms with E-state index in [2.05, 4.69) is 4.98 Å². The highest BCUT2D eigenvalue weighted by atomic mass is 16.3. The Labute approximate surface area is 92.4 Å². The Morgan fingerprint density at radius 1 is 0.812 bits per heavy atom. The third kappa shape index (κ3) is 1.42. The molecule has 3 rings (SSSR count). The first-order valence-corrected chi connectivity index (χ1v) is 4.98. The fraction of sp³-hybridized carbons (Fsp3) is 0. The molecule has 0 saturated carbocycles. The van der Waals surface area contributed by atoms with E-state index in [0.717, 1.165) is 16.9 Å². The van der Waals surface area contributed by atoms with Gasteiger partial charge < -0.3 is 8.83 Å². The van der Waals surface area contributed by atoms with Gasteiger partial charge in [0.15, 0.2) is 0 Å². The van der Waals surface area contributed by atoms with Crippen LogP contribution >= 0.6 is 0 Å². The van der Waals surface area contributed by atoms with Gasteiger partial charge in [0.2, 0.25) is 5.89 Å². The summed E-state index contributed by atoms with van der Waals surface area (Å²) in [7, 11) is 0. The van der Waals surface area contributed by atoms with E-state index in [0.29, 0.717) is 5.89 Å². The highest BCUT2D eigenvalue weighted by Crippen LogP contribution is 2.30. The van der Waals surface area contributed by atoms with Crippen molar-refractivity contribution in [1.82, 2.24) is 4.98 Å². The number of aromatic nitrogens is 1. The first kappa shape index (κ1) is 8.97. The third-order valence-electron chi connectivity index (χ3n) is 2.38. The van der Waals surface area contributed by atoms with E-state index in [-0.39, 0.29) is 0 Å². The first-order chi connectivity index (χ1) is 7.95. The van der Waals surface area contributed by atoms with Gasteiger partial charge in [-0.15, -0.1) is 0 Å². The standard InChI is InChI=1S/C13H9NO2/c1-2-5-11(13-14-7-9-16-13)10(4-1)12-6-3-8-15-12/h1-9H. The van der Waals surface area contributed by atoms with E-state index in [9.17, 15) is 0 Å². The fourth-order valence-electron chi connectivity index (χ4n) is 1.67. The Balaban J connectivity index is 2.19. The highest BCUT2D eigenvalue weighted by Gasteiger charge is 2.11. The van der Waals surface area contributed by atoms with Crippen LogP contribution in [0.3, 0.4) is 0 Å². The lowest BCUT2D eigenvalue weighted by molar-refractivity contribution is 0.570. The fourth-order valence-corrected chi connectivity index (χ4v) is 1.67. The average Bonchev–Trinajstić information content (AvgIpc) is 3.03. The number of hydrogen-bond donors (Lipinski definition) is 0. The summed E-state index contributed by atoms with van der Waals surface area (Å²) < 4.78 is 10.7. The number of oxazole rings is 1. The van der Waals surface area contributed by atoms with Crippen molar-refractivity contribution in [2.45, 2.75) is 0 Å². The molecule has 0 unspecified atom stereocenters. The second-order valence-corrected chi connectivity index (χ2v) is 3.36. The van der Waals surface area contributed by atoms with Gasteiger partial charge in [-0.1, -0.05) is 18.2 Å². The van der Waals surface area contributed by atoms with Gasteiger partial charge in [-0.2, -0.15) is 0 Å². The highest BCUT2D eigenvalue weighted by molar-refractivity contribution is 5.76. The van der Waals surface area contributed by atoms with Gasteiger partial charge in [0, 0.05) is 11.1 Å². The minimum absolute atomic E-state index is 0.604. The number of hydrogen-bond acceptors (Lipinski definition) is 3. The molecule has 0 aliphatic heterocycles. The van der Waals surface area contributed by atoms with Gasteiger partial charge in [0.1, 0.15) is 12.0 Å². The van der Waals surface area contributed by atoms with E-state index >= 15 is 0 Å². The van der Waals surface area contributed by atoms with Crippen LogP contribution in [0.2, 0.25) is 0 Å². The monoisotopic (exact) mass is 211 g/mol. The Hall–Kier alpha value is -2.29. The van der Waals surface area contributed by atoms with Gasteiger partial charge in [-0.3, -0.25) is 0 Å².